The van der Waals surface area contributed by atoms with Crippen molar-refractivity contribution >= 4 is 28.6 Å². The molecule has 2 atom stereocenters. The molecule has 0 amide bonds. The van der Waals surface area contributed by atoms with E-state index < -0.39 is 23.1 Å². The molecule has 1 aliphatic carbocycles. The van der Waals surface area contributed by atoms with Gasteiger partial charge in [0.25, 0.3) is 0 Å². The number of H-pyrrole nitrogens is 2. The Labute approximate surface area is 266 Å². The van der Waals surface area contributed by atoms with Crippen molar-refractivity contribution in [1.82, 2.24) is 15.0 Å². The van der Waals surface area contributed by atoms with E-state index in [0.29, 0.717) is 24.4 Å². The number of aromatic nitrogens is 3. The van der Waals surface area contributed by atoms with Crippen molar-refractivity contribution in [2.24, 2.45) is 5.41 Å². The molecule has 2 aromatic carbocycles. The Hall–Kier alpha value is -3.85. The molecule has 0 saturated heterocycles. The SMILES string of the molecule is CC1(C)CCC(C)(c2cccc(CCC(=O)O)c2)c2cnc([nH]2)C2CC(=CC=C2F)Oc2c(F)cc3[nH]ccc3c2CCSC1. The highest BCUT2D eigenvalue weighted by Gasteiger charge is 2.35. The fourth-order valence-corrected chi connectivity index (χ4v) is 7.59. The first-order valence-electron chi connectivity index (χ1n) is 15.5. The molecule has 6 nitrogen and oxygen atoms in total. The van der Waals surface area contributed by atoms with Crippen LogP contribution in [0.2, 0.25) is 0 Å². The van der Waals surface area contributed by atoms with E-state index in [9.17, 15) is 9.90 Å². The van der Waals surface area contributed by atoms with Crippen molar-refractivity contribution < 1.29 is 23.4 Å². The van der Waals surface area contributed by atoms with E-state index in [0.717, 1.165) is 57.6 Å². The van der Waals surface area contributed by atoms with E-state index in [4.69, 9.17) is 4.74 Å². The van der Waals surface area contributed by atoms with Gasteiger partial charge in [-0.25, -0.2) is 13.8 Å². The van der Waals surface area contributed by atoms with E-state index in [2.05, 4.69) is 47.9 Å². The third-order valence-electron chi connectivity index (χ3n) is 9.27. The second-order valence-electron chi connectivity index (χ2n) is 13.2. The largest absolute Gasteiger partial charge is 0.481 e. The number of aryl methyl sites for hydroxylation is 2. The predicted molar refractivity (Wildman–Crippen MR) is 175 cm³/mol. The molecule has 0 spiro atoms. The Kier molecular flexibility index (Phi) is 8.66. The first-order valence-corrected chi connectivity index (χ1v) is 16.6. The van der Waals surface area contributed by atoms with Gasteiger partial charge in [0.15, 0.2) is 11.6 Å². The number of imidazole rings is 1. The molecule has 1 aliphatic heterocycles. The molecule has 0 radical (unpaired) electrons. The molecule has 6 rings (SSSR count). The minimum absolute atomic E-state index is 0.00939. The van der Waals surface area contributed by atoms with Gasteiger partial charge in [-0.15, -0.1) is 0 Å². The summed E-state index contributed by atoms with van der Waals surface area (Å²) in [6, 6.07) is 11.5. The topological polar surface area (TPSA) is 91.0 Å². The molecule has 3 heterocycles. The van der Waals surface area contributed by atoms with Gasteiger partial charge in [-0.05, 0) is 78.9 Å². The standard InChI is InChI=1S/C36H39F2N3O3S/c1-35(2)13-14-36(3,23-6-4-5-22(17-23)7-10-32(42)43)31-20-40-34(41-31)27-18-24(8-9-28(27)37)44-33-26(12-16-45-21-35)25-11-15-39-30(25)19-29(33)38/h4-6,8-9,11,15,17,19-20,27,39H,7,10,12-14,16,18,21H2,1-3H3,(H,40,41)(H,42,43). The van der Waals surface area contributed by atoms with Crippen LogP contribution in [0.4, 0.5) is 8.78 Å². The summed E-state index contributed by atoms with van der Waals surface area (Å²) in [6.07, 6.45) is 9.62. The van der Waals surface area contributed by atoms with Gasteiger partial charge in [0.1, 0.15) is 17.4 Å². The quantitative estimate of drug-likeness (QED) is 0.210. The van der Waals surface area contributed by atoms with Crippen molar-refractivity contribution in [2.45, 2.75) is 70.6 Å². The second kappa shape index (κ2) is 12.5. The van der Waals surface area contributed by atoms with Crippen LogP contribution in [0.15, 0.2) is 72.5 Å². The summed E-state index contributed by atoms with van der Waals surface area (Å²) in [4.78, 5) is 22.6. The fourth-order valence-electron chi connectivity index (χ4n) is 6.40. The lowest BCUT2D eigenvalue weighted by Crippen LogP contribution is -2.28. The van der Waals surface area contributed by atoms with Crippen LogP contribution >= 0.6 is 11.8 Å². The maximum atomic E-state index is 15.5. The van der Waals surface area contributed by atoms with Gasteiger partial charge >= 0.3 is 5.97 Å². The Morgan fingerprint density at radius 1 is 1.16 bits per heavy atom. The Morgan fingerprint density at radius 3 is 2.82 bits per heavy atom. The lowest BCUT2D eigenvalue weighted by atomic mass is 9.72. The molecule has 2 aromatic heterocycles. The summed E-state index contributed by atoms with van der Waals surface area (Å²) in [5.74, 6) is 0.566. The Morgan fingerprint density at radius 2 is 2.00 bits per heavy atom. The number of rotatable bonds is 4. The molecular weight excluding hydrogens is 592 g/mol. The average molecular weight is 632 g/mol. The molecule has 0 saturated carbocycles. The number of hydrogen-bond donors (Lipinski definition) is 3. The number of fused-ring (bicyclic) bond motifs is 8. The van der Waals surface area contributed by atoms with Crippen molar-refractivity contribution in [3.05, 3.63) is 107 Å². The van der Waals surface area contributed by atoms with Gasteiger partial charge in [0.05, 0.1) is 5.92 Å². The molecule has 3 N–H and O–H groups in total. The Bertz CT molecular complexity index is 1790. The summed E-state index contributed by atoms with van der Waals surface area (Å²) in [5, 5.41) is 10.2. The van der Waals surface area contributed by atoms with Crippen molar-refractivity contribution in [1.29, 1.82) is 0 Å². The van der Waals surface area contributed by atoms with Crippen LogP contribution < -0.4 is 4.74 Å². The van der Waals surface area contributed by atoms with Crippen LogP contribution in [0.25, 0.3) is 10.9 Å². The van der Waals surface area contributed by atoms with E-state index >= 15 is 8.78 Å². The van der Waals surface area contributed by atoms with Crippen LogP contribution in [0.3, 0.4) is 0 Å². The minimum atomic E-state index is -0.826. The molecule has 236 valence electrons. The normalized spacial score (nSPS) is 22.1. The summed E-state index contributed by atoms with van der Waals surface area (Å²) < 4.78 is 37.2. The third-order valence-corrected chi connectivity index (χ3v) is 10.7. The number of nitrogens with one attached hydrogen (secondary N) is 2. The lowest BCUT2D eigenvalue weighted by molar-refractivity contribution is -0.136. The van der Waals surface area contributed by atoms with E-state index in [1.54, 1.807) is 12.3 Å². The summed E-state index contributed by atoms with van der Waals surface area (Å²) in [7, 11) is 0. The number of nitrogens with zero attached hydrogens (tertiary/aromatic N) is 1. The molecule has 4 aromatic rings. The highest BCUT2D eigenvalue weighted by molar-refractivity contribution is 7.99. The van der Waals surface area contributed by atoms with Gasteiger partial charge in [-0.2, -0.15) is 11.8 Å². The number of ether oxygens (including phenoxy) is 1. The summed E-state index contributed by atoms with van der Waals surface area (Å²) in [6.45, 7) is 6.72. The molecule has 0 fully saturated rings. The molecular formula is C36H39F2N3O3S. The number of hydrogen-bond acceptors (Lipinski definition) is 4. The van der Waals surface area contributed by atoms with E-state index in [1.807, 2.05) is 36.2 Å². The molecule has 2 aliphatic rings. The van der Waals surface area contributed by atoms with Crippen LogP contribution in [-0.4, -0.2) is 37.5 Å². The average Bonchev–Trinajstić information content (AvgIpc) is 3.69. The van der Waals surface area contributed by atoms with Gasteiger partial charge in [0, 0.05) is 58.9 Å². The maximum Gasteiger partial charge on any atom is 0.303 e. The number of aliphatic carboxylic acids is 1. The zero-order valence-electron chi connectivity index (χ0n) is 25.9. The smallest absolute Gasteiger partial charge is 0.303 e. The summed E-state index contributed by atoms with van der Waals surface area (Å²) in [5.41, 5.74) is 3.94. The molecule has 45 heavy (non-hydrogen) atoms. The number of benzene rings is 2. The minimum Gasteiger partial charge on any atom is -0.481 e. The van der Waals surface area contributed by atoms with Gasteiger partial charge in [-0.1, -0.05) is 38.1 Å². The van der Waals surface area contributed by atoms with Crippen molar-refractivity contribution in [3.63, 3.8) is 0 Å². The van der Waals surface area contributed by atoms with Gasteiger partial charge in [-0.3, -0.25) is 4.79 Å². The number of halogens is 2. The number of aromatic amines is 2. The number of carbonyl (C=O) groups is 1. The maximum absolute atomic E-state index is 15.5. The molecule has 9 heteroatoms. The lowest BCUT2D eigenvalue weighted by Gasteiger charge is -2.34. The zero-order chi connectivity index (χ0) is 31.8. The van der Waals surface area contributed by atoms with Crippen LogP contribution in [0.1, 0.15) is 80.6 Å². The van der Waals surface area contributed by atoms with Gasteiger partial charge in [0.2, 0.25) is 0 Å². The molecule has 4 bridgehead atoms. The third kappa shape index (κ3) is 6.59. The van der Waals surface area contributed by atoms with Crippen LogP contribution in [0.5, 0.6) is 5.75 Å². The highest BCUT2D eigenvalue weighted by Crippen LogP contribution is 2.43. The second-order valence-corrected chi connectivity index (χ2v) is 14.3. The fraction of sp³-hybridized carbons (Fsp3) is 0.389. The van der Waals surface area contributed by atoms with Crippen LogP contribution in [0, 0.1) is 11.2 Å². The predicted octanol–water partition coefficient (Wildman–Crippen LogP) is 8.75. The van der Waals surface area contributed by atoms with Crippen LogP contribution in [-0.2, 0) is 23.1 Å². The highest BCUT2D eigenvalue weighted by atomic mass is 32.2. The van der Waals surface area contributed by atoms with Crippen molar-refractivity contribution in [3.8, 4) is 5.75 Å². The number of carboxylic acid groups (broad SMARTS) is 1. The molecule has 2 unspecified atom stereocenters. The number of allylic oxidation sites excluding steroid dienone is 4. The zero-order valence-corrected chi connectivity index (χ0v) is 26.7. The van der Waals surface area contributed by atoms with E-state index in [1.165, 1.54) is 12.1 Å². The summed E-state index contributed by atoms with van der Waals surface area (Å²) >= 11 is 1.85. The van der Waals surface area contributed by atoms with E-state index in [-0.39, 0.29) is 29.8 Å². The Balaban J connectivity index is 1.39. The van der Waals surface area contributed by atoms with Gasteiger partial charge < -0.3 is 19.8 Å². The van der Waals surface area contributed by atoms with Crippen molar-refractivity contribution in [2.75, 3.05) is 11.5 Å². The monoisotopic (exact) mass is 631 g/mol. The first kappa shape index (κ1) is 31.1. The first-order chi connectivity index (χ1) is 21.5. The number of thioether (sulfide) groups is 1. The number of carboxylic acids is 1.